The molecule has 0 aliphatic heterocycles. The Labute approximate surface area is 90.8 Å². The number of aliphatic carboxylic acids is 1. The van der Waals surface area contributed by atoms with Crippen LogP contribution in [0.4, 0.5) is 0 Å². The lowest BCUT2D eigenvalue weighted by molar-refractivity contribution is -0.142. The summed E-state index contributed by atoms with van der Waals surface area (Å²) in [6.07, 6.45) is 0.817. The lowest BCUT2D eigenvalue weighted by atomic mass is 10.3. The molecule has 0 saturated heterocycles. The Kier molecular flexibility index (Phi) is 8.27. The minimum atomic E-state index is -0.881. The van der Waals surface area contributed by atoms with Crippen molar-refractivity contribution < 1.29 is 19.4 Å². The third-order valence-electron chi connectivity index (χ3n) is 1.89. The highest BCUT2D eigenvalue weighted by Crippen LogP contribution is 1.95. The molecular formula is C10H21NO4. The van der Waals surface area contributed by atoms with Crippen molar-refractivity contribution in [3.63, 3.8) is 0 Å². The quantitative estimate of drug-likeness (QED) is 0.590. The fourth-order valence-electron chi connectivity index (χ4n) is 1.08. The van der Waals surface area contributed by atoms with Crippen molar-refractivity contribution in [1.82, 2.24) is 5.32 Å². The molecule has 2 atom stereocenters. The molecule has 0 fully saturated rings. The molecule has 0 bridgehead atoms. The van der Waals surface area contributed by atoms with E-state index in [0.717, 1.165) is 6.42 Å². The predicted molar refractivity (Wildman–Crippen MR) is 57.0 cm³/mol. The second kappa shape index (κ2) is 8.64. The van der Waals surface area contributed by atoms with E-state index in [0.29, 0.717) is 13.2 Å². The average Bonchev–Trinajstić information content (AvgIpc) is 2.17. The summed E-state index contributed by atoms with van der Waals surface area (Å²) < 4.78 is 10.2. The van der Waals surface area contributed by atoms with Gasteiger partial charge in [0.05, 0.1) is 19.3 Å². The lowest BCUT2D eigenvalue weighted by Gasteiger charge is -2.17. The molecule has 15 heavy (non-hydrogen) atoms. The Bertz CT molecular complexity index is 175. The highest BCUT2D eigenvalue weighted by Gasteiger charge is 2.17. The van der Waals surface area contributed by atoms with Crippen molar-refractivity contribution in [3.8, 4) is 0 Å². The van der Waals surface area contributed by atoms with E-state index in [1.165, 1.54) is 0 Å². The van der Waals surface area contributed by atoms with Crippen LogP contribution in [-0.2, 0) is 14.3 Å². The molecule has 0 rings (SSSR count). The number of carboxylic acid groups (broad SMARTS) is 1. The minimum Gasteiger partial charge on any atom is -0.480 e. The average molecular weight is 219 g/mol. The van der Waals surface area contributed by atoms with Crippen molar-refractivity contribution in [3.05, 3.63) is 0 Å². The number of ether oxygens (including phenoxy) is 2. The van der Waals surface area contributed by atoms with Crippen LogP contribution >= 0.6 is 0 Å². The molecule has 0 aromatic heterocycles. The zero-order chi connectivity index (χ0) is 11.7. The molecule has 0 aliphatic carbocycles. The van der Waals surface area contributed by atoms with Crippen LogP contribution in [0.1, 0.15) is 20.3 Å². The highest BCUT2D eigenvalue weighted by molar-refractivity contribution is 5.73. The SMILES string of the molecule is CCCNC(COC(C)COC)C(=O)O. The number of carbonyl (C=O) groups is 1. The Morgan fingerprint density at radius 2 is 2.13 bits per heavy atom. The monoisotopic (exact) mass is 219 g/mol. The van der Waals surface area contributed by atoms with E-state index in [1.807, 2.05) is 13.8 Å². The molecule has 2 N–H and O–H groups in total. The van der Waals surface area contributed by atoms with Crippen molar-refractivity contribution in [1.29, 1.82) is 0 Å². The molecule has 5 heteroatoms. The minimum absolute atomic E-state index is 0.0831. The van der Waals surface area contributed by atoms with Gasteiger partial charge in [-0.1, -0.05) is 6.92 Å². The molecule has 0 spiro atoms. The van der Waals surface area contributed by atoms with Crippen LogP contribution < -0.4 is 5.32 Å². The van der Waals surface area contributed by atoms with Gasteiger partial charge in [0.1, 0.15) is 6.04 Å². The van der Waals surface area contributed by atoms with E-state index < -0.39 is 12.0 Å². The van der Waals surface area contributed by atoms with Gasteiger partial charge in [0.15, 0.2) is 0 Å². The van der Waals surface area contributed by atoms with E-state index in [9.17, 15) is 4.79 Å². The number of methoxy groups -OCH3 is 1. The summed E-state index contributed by atoms with van der Waals surface area (Å²) >= 11 is 0. The van der Waals surface area contributed by atoms with Crippen molar-refractivity contribution in [2.75, 3.05) is 26.9 Å². The van der Waals surface area contributed by atoms with Gasteiger partial charge in [0, 0.05) is 7.11 Å². The van der Waals surface area contributed by atoms with Crippen LogP contribution in [0.2, 0.25) is 0 Å². The largest absolute Gasteiger partial charge is 0.480 e. The number of rotatable bonds is 9. The third-order valence-corrected chi connectivity index (χ3v) is 1.89. The summed E-state index contributed by atoms with van der Waals surface area (Å²) in [5.74, 6) is -0.881. The Hall–Kier alpha value is -0.650. The van der Waals surface area contributed by atoms with Crippen LogP contribution in [-0.4, -0.2) is 50.1 Å². The molecule has 90 valence electrons. The standard InChI is InChI=1S/C10H21NO4/c1-4-5-11-9(10(12)13)7-15-8(2)6-14-3/h8-9,11H,4-7H2,1-3H3,(H,12,13). The van der Waals surface area contributed by atoms with Crippen molar-refractivity contribution in [2.45, 2.75) is 32.4 Å². The first-order valence-electron chi connectivity index (χ1n) is 5.18. The van der Waals surface area contributed by atoms with Crippen LogP contribution in [0.5, 0.6) is 0 Å². The second-order valence-electron chi connectivity index (χ2n) is 3.44. The van der Waals surface area contributed by atoms with Crippen LogP contribution in [0, 0.1) is 0 Å². The van der Waals surface area contributed by atoms with Gasteiger partial charge >= 0.3 is 5.97 Å². The molecule has 2 unspecified atom stereocenters. The second-order valence-corrected chi connectivity index (χ2v) is 3.44. The molecule has 0 aromatic carbocycles. The lowest BCUT2D eigenvalue weighted by Crippen LogP contribution is -2.42. The van der Waals surface area contributed by atoms with E-state index in [1.54, 1.807) is 7.11 Å². The van der Waals surface area contributed by atoms with E-state index in [2.05, 4.69) is 5.32 Å². The maximum Gasteiger partial charge on any atom is 0.323 e. The Morgan fingerprint density at radius 3 is 2.60 bits per heavy atom. The van der Waals surface area contributed by atoms with Crippen molar-refractivity contribution >= 4 is 5.97 Å². The van der Waals surface area contributed by atoms with Gasteiger partial charge < -0.3 is 19.9 Å². The molecule has 5 nitrogen and oxygen atoms in total. The molecule has 0 amide bonds. The number of nitrogens with one attached hydrogen (secondary N) is 1. The summed E-state index contributed by atoms with van der Waals surface area (Å²) in [4.78, 5) is 10.8. The van der Waals surface area contributed by atoms with Gasteiger partial charge in [-0.3, -0.25) is 4.79 Å². The topological polar surface area (TPSA) is 67.8 Å². The molecular weight excluding hydrogens is 198 g/mol. The molecule has 0 aliphatic rings. The normalized spacial score (nSPS) is 14.9. The van der Waals surface area contributed by atoms with Crippen molar-refractivity contribution in [2.24, 2.45) is 0 Å². The maximum absolute atomic E-state index is 10.8. The van der Waals surface area contributed by atoms with Gasteiger partial charge in [-0.25, -0.2) is 0 Å². The highest BCUT2D eigenvalue weighted by atomic mass is 16.5. The third kappa shape index (κ3) is 7.30. The summed E-state index contributed by atoms with van der Waals surface area (Å²) in [7, 11) is 1.59. The van der Waals surface area contributed by atoms with E-state index in [4.69, 9.17) is 14.6 Å². The maximum atomic E-state index is 10.8. The Morgan fingerprint density at radius 1 is 1.47 bits per heavy atom. The molecule has 0 saturated carbocycles. The summed E-state index contributed by atoms with van der Waals surface area (Å²) in [6.45, 7) is 5.15. The first kappa shape index (κ1) is 14.3. The smallest absolute Gasteiger partial charge is 0.323 e. The summed E-state index contributed by atoms with van der Waals surface area (Å²) in [6, 6.07) is -0.635. The van der Waals surface area contributed by atoms with E-state index in [-0.39, 0.29) is 12.7 Å². The number of hydrogen-bond donors (Lipinski definition) is 2. The fraction of sp³-hybridized carbons (Fsp3) is 0.900. The van der Waals surface area contributed by atoms with Gasteiger partial charge in [-0.2, -0.15) is 0 Å². The molecule has 0 radical (unpaired) electrons. The Balaban J connectivity index is 3.79. The van der Waals surface area contributed by atoms with Gasteiger partial charge in [-0.05, 0) is 19.9 Å². The number of hydrogen-bond acceptors (Lipinski definition) is 4. The molecule has 0 heterocycles. The fourth-order valence-corrected chi connectivity index (χ4v) is 1.08. The summed E-state index contributed by atoms with van der Waals surface area (Å²) in [5, 5.41) is 11.8. The van der Waals surface area contributed by atoms with E-state index >= 15 is 0 Å². The zero-order valence-electron chi connectivity index (χ0n) is 9.66. The molecule has 0 aromatic rings. The number of carboxylic acids is 1. The zero-order valence-corrected chi connectivity index (χ0v) is 9.66. The summed E-state index contributed by atoms with van der Waals surface area (Å²) in [5.41, 5.74) is 0. The van der Waals surface area contributed by atoms with Crippen LogP contribution in [0.15, 0.2) is 0 Å². The van der Waals surface area contributed by atoms with Gasteiger partial charge in [0.25, 0.3) is 0 Å². The van der Waals surface area contributed by atoms with Crippen LogP contribution in [0.25, 0.3) is 0 Å². The first-order chi connectivity index (χ1) is 7.11. The van der Waals surface area contributed by atoms with Crippen LogP contribution in [0.3, 0.4) is 0 Å². The van der Waals surface area contributed by atoms with Gasteiger partial charge in [0.2, 0.25) is 0 Å². The van der Waals surface area contributed by atoms with Gasteiger partial charge in [-0.15, -0.1) is 0 Å². The first-order valence-corrected chi connectivity index (χ1v) is 5.18. The predicted octanol–water partition coefficient (Wildman–Crippen LogP) is 0.491.